The lowest BCUT2D eigenvalue weighted by molar-refractivity contribution is -0.119. The normalized spacial score (nSPS) is 8.02. The fraction of sp³-hybridized carbons (Fsp3) is 0.757. The summed E-state index contributed by atoms with van der Waals surface area (Å²) in [6.45, 7) is 29.0. The number of rotatable bonds is 14. The summed E-state index contributed by atoms with van der Waals surface area (Å²) in [5, 5.41) is 0. The maximum Gasteiger partial charge on any atom is 0.155 e. The number of alkyl halides is 1. The van der Waals surface area contributed by atoms with Gasteiger partial charge >= 0.3 is 0 Å². The third-order valence-electron chi connectivity index (χ3n) is 3.75. The summed E-state index contributed by atoms with van der Waals surface area (Å²) in [4.78, 5) is 50.8. The Hall–Kier alpha value is -1.18. The number of carbonyl (C=O) groups is 5. The summed E-state index contributed by atoms with van der Waals surface area (Å²) in [6.07, 6.45) is 14.5. The number of halogens is 1. The van der Waals surface area contributed by atoms with Crippen LogP contribution in [0.4, 0.5) is 0 Å². The van der Waals surface area contributed by atoms with Crippen LogP contribution in [0.3, 0.4) is 0 Å². The lowest BCUT2D eigenvalue weighted by atomic mass is 10.1. The maximum absolute atomic E-state index is 10.8. The molecule has 0 saturated carbocycles. The minimum Gasteiger partial charge on any atom is -0.304 e. The zero-order valence-corrected chi connectivity index (χ0v) is 34.1. The molecule has 0 spiro atoms. The number of thioether (sulfide) groups is 1. The molecule has 0 aromatic carbocycles. The van der Waals surface area contributed by atoms with Crippen molar-refractivity contribution < 1.29 is 24.0 Å². The quantitative estimate of drug-likeness (QED) is 0.0637. The summed E-state index contributed by atoms with van der Waals surface area (Å²) < 4.78 is 0. The van der Waals surface area contributed by atoms with E-state index in [0.29, 0.717) is 43.0 Å². The summed E-state index contributed by atoms with van der Waals surface area (Å²) in [5.41, 5.74) is 0. The van der Waals surface area contributed by atoms with E-state index < -0.39 is 0 Å². The van der Waals surface area contributed by atoms with Crippen LogP contribution in [-0.2, 0) is 24.0 Å². The number of allylic oxidation sites excluding steroid dienone is 4. The number of carbonyl (C=O) groups excluding carboxylic acids is 5. The molecule has 0 unspecified atom stereocenters. The molecule has 0 aliphatic carbocycles. The molecule has 0 N–H and O–H groups in total. The largest absolute Gasteiger partial charge is 0.304 e. The summed E-state index contributed by atoms with van der Waals surface area (Å²) >= 11 is 10.6. The predicted octanol–water partition coefficient (Wildman–Crippen LogP) is 12.4. The van der Waals surface area contributed by atoms with Gasteiger partial charge in [0.25, 0.3) is 0 Å². The van der Waals surface area contributed by atoms with Gasteiger partial charge in [0, 0.05) is 32.1 Å². The zero-order valence-electron chi connectivity index (χ0n) is 31.6. The number of thiol groups is 1. The molecule has 8 heteroatoms. The van der Waals surface area contributed by atoms with Crippen molar-refractivity contribution in [3.05, 3.63) is 24.3 Å². The number of ketones is 4. The van der Waals surface area contributed by atoms with Crippen LogP contribution >= 0.6 is 36.0 Å². The molecule has 0 aliphatic rings. The first kappa shape index (κ1) is 70.2. The highest BCUT2D eigenvalue weighted by atomic mass is 35.5. The lowest BCUT2D eigenvalue weighted by Crippen LogP contribution is -1.97. The number of unbranched alkanes of at least 4 members (excludes halogenated alkanes) is 1. The first-order chi connectivity index (χ1) is 21.1. The molecule has 0 saturated heterocycles. The van der Waals surface area contributed by atoms with E-state index in [4.69, 9.17) is 16.4 Å². The van der Waals surface area contributed by atoms with E-state index in [-0.39, 0.29) is 24.9 Å². The van der Waals surface area contributed by atoms with Crippen molar-refractivity contribution in [1.29, 1.82) is 0 Å². The standard InChI is InChI=1S/C9H14O.C7H14O.C6H12OS.C4H7ClO.C2H4O.C2H6S.3C2H6.CH4/c1-3-5-6-8-9(10)7-4-2;1-3-5-6-7(8)4-2;1-3-6(7)5-8-4-2;1-2-4(6)3-5;2*1-2-3;3*1-2;/h3-5,7H,6,8H2,1-2H3;3-6H2,1-2H3;3-5H2,1-2H3;2-3H2,1H3;2H,1H3;3H,2H2,1H3;3*1-2H3;1H4/b5-3+,7-4+;;;;;;;;;. The van der Waals surface area contributed by atoms with E-state index in [1.54, 1.807) is 30.8 Å². The Balaban J connectivity index is -0.0000000406. The second-order valence-corrected chi connectivity index (χ2v) is 9.35. The van der Waals surface area contributed by atoms with E-state index in [1.807, 2.05) is 88.3 Å². The average Bonchev–Trinajstić information content (AvgIpc) is 3.06. The van der Waals surface area contributed by atoms with Gasteiger partial charge in [0.05, 0.1) is 11.6 Å². The van der Waals surface area contributed by atoms with Crippen LogP contribution in [-0.4, -0.2) is 52.6 Å². The minimum atomic E-state index is 0. The molecular weight excluding hydrogens is 624 g/mol. The van der Waals surface area contributed by atoms with E-state index in [0.717, 1.165) is 43.5 Å². The van der Waals surface area contributed by atoms with Gasteiger partial charge in [-0.2, -0.15) is 24.4 Å². The predicted molar refractivity (Wildman–Crippen MR) is 215 cm³/mol. The summed E-state index contributed by atoms with van der Waals surface area (Å²) in [7, 11) is 0. The van der Waals surface area contributed by atoms with Crippen molar-refractivity contribution in [3.63, 3.8) is 0 Å². The van der Waals surface area contributed by atoms with Gasteiger partial charge in [-0.25, -0.2) is 0 Å². The van der Waals surface area contributed by atoms with Gasteiger partial charge in [0.2, 0.25) is 0 Å². The van der Waals surface area contributed by atoms with E-state index >= 15 is 0 Å². The third-order valence-corrected chi connectivity index (χ3v) is 4.99. The van der Waals surface area contributed by atoms with Crippen molar-refractivity contribution in [2.45, 2.75) is 163 Å². The second kappa shape index (κ2) is 90.2. The minimum absolute atomic E-state index is 0. The van der Waals surface area contributed by atoms with E-state index in [9.17, 15) is 19.2 Å². The van der Waals surface area contributed by atoms with Crippen molar-refractivity contribution in [2.24, 2.45) is 0 Å². The third kappa shape index (κ3) is 137. The summed E-state index contributed by atoms with van der Waals surface area (Å²) in [6, 6.07) is 0. The van der Waals surface area contributed by atoms with Gasteiger partial charge in [-0.1, -0.05) is 115 Å². The number of hydrogen-bond donors (Lipinski definition) is 1. The van der Waals surface area contributed by atoms with Crippen LogP contribution in [0.1, 0.15) is 163 Å². The van der Waals surface area contributed by atoms with Crippen molar-refractivity contribution in [2.75, 3.05) is 23.1 Å². The van der Waals surface area contributed by atoms with Crippen LogP contribution in [0, 0.1) is 0 Å². The van der Waals surface area contributed by atoms with Crippen molar-refractivity contribution >= 4 is 65.4 Å². The molecule has 0 rings (SSSR count). The Morgan fingerprint density at radius 1 is 0.711 bits per heavy atom. The molecule has 0 aromatic rings. The van der Waals surface area contributed by atoms with Crippen LogP contribution in [0.5, 0.6) is 0 Å². The van der Waals surface area contributed by atoms with Crippen LogP contribution in [0.2, 0.25) is 0 Å². The molecule has 0 bridgehead atoms. The van der Waals surface area contributed by atoms with Gasteiger partial charge < -0.3 is 4.79 Å². The van der Waals surface area contributed by atoms with E-state index in [2.05, 4.69) is 26.5 Å². The molecular formula is C37H79ClO5S2. The average molecular weight is 704 g/mol. The fourth-order valence-corrected chi connectivity index (χ4v) is 2.45. The Labute approximate surface area is 298 Å². The Bertz CT molecular complexity index is 553. The van der Waals surface area contributed by atoms with Crippen LogP contribution < -0.4 is 0 Å². The van der Waals surface area contributed by atoms with Crippen LogP contribution in [0.25, 0.3) is 0 Å². The molecule has 45 heavy (non-hydrogen) atoms. The highest BCUT2D eigenvalue weighted by molar-refractivity contribution is 7.99. The zero-order chi connectivity index (χ0) is 37.0. The molecule has 0 heterocycles. The second-order valence-electron chi connectivity index (χ2n) is 7.18. The molecule has 0 radical (unpaired) electrons. The first-order valence-electron chi connectivity index (χ1n) is 16.5. The number of hydrogen-bond acceptors (Lipinski definition) is 7. The first-order valence-corrected chi connectivity index (χ1v) is 18.8. The highest BCUT2D eigenvalue weighted by Crippen LogP contribution is 1.99. The molecule has 0 atom stereocenters. The number of Topliss-reactive ketones (excluding diaryl/α,β-unsaturated/α-hetero) is 3. The summed E-state index contributed by atoms with van der Waals surface area (Å²) in [5.74, 6) is 3.93. The monoisotopic (exact) mass is 703 g/mol. The van der Waals surface area contributed by atoms with Gasteiger partial charge in [-0.05, 0) is 51.2 Å². The van der Waals surface area contributed by atoms with E-state index in [1.165, 1.54) is 6.92 Å². The highest BCUT2D eigenvalue weighted by Gasteiger charge is 1.94. The Morgan fingerprint density at radius 2 is 1.11 bits per heavy atom. The topological polar surface area (TPSA) is 85.3 Å². The number of aldehydes is 1. The molecule has 0 aromatic heterocycles. The lowest BCUT2D eigenvalue weighted by Gasteiger charge is -1.91. The maximum atomic E-state index is 10.8. The van der Waals surface area contributed by atoms with Gasteiger partial charge in [-0.15, -0.1) is 11.6 Å². The smallest absolute Gasteiger partial charge is 0.155 e. The molecule has 0 aliphatic heterocycles. The molecule has 5 nitrogen and oxygen atoms in total. The van der Waals surface area contributed by atoms with Crippen molar-refractivity contribution in [3.8, 4) is 0 Å². The molecule has 276 valence electrons. The van der Waals surface area contributed by atoms with Gasteiger partial charge in [-0.3, -0.25) is 19.2 Å². The Morgan fingerprint density at radius 3 is 1.36 bits per heavy atom. The molecule has 0 amide bonds. The Kier molecular flexibility index (Phi) is 141. The fourth-order valence-electron chi connectivity index (χ4n) is 1.62. The van der Waals surface area contributed by atoms with Crippen LogP contribution in [0.15, 0.2) is 24.3 Å². The van der Waals surface area contributed by atoms with Gasteiger partial charge in [0.1, 0.15) is 23.6 Å². The molecule has 0 fully saturated rings. The SMILES string of the molecule is C.C/C=C/CCC(=O)/C=C/C.CC.CC.CC.CC=O.CCC(=O)CCl.CCCCC(=O)CC.CCS.CCSCC(=O)CC. The van der Waals surface area contributed by atoms with Gasteiger partial charge in [0.15, 0.2) is 5.78 Å². The van der Waals surface area contributed by atoms with Crippen molar-refractivity contribution in [1.82, 2.24) is 0 Å².